The smallest absolute Gasteiger partial charge is 0.156 e. The van der Waals surface area contributed by atoms with E-state index in [1.54, 1.807) is 13.0 Å². The minimum atomic E-state index is -0.463. The van der Waals surface area contributed by atoms with Crippen molar-refractivity contribution in [1.29, 1.82) is 0 Å². The minimum Gasteiger partial charge on any atom is -0.511 e. The molecule has 0 aromatic carbocycles. The van der Waals surface area contributed by atoms with Gasteiger partial charge in [-0.15, -0.1) is 0 Å². The van der Waals surface area contributed by atoms with Crippen LogP contribution in [0.5, 0.6) is 0 Å². The first-order valence-corrected chi connectivity index (χ1v) is 11.8. The average molecular weight is 430 g/mol. The number of allylic oxidation sites excluding steroid dienone is 3. The summed E-state index contributed by atoms with van der Waals surface area (Å²) in [4.78, 5) is 21.7. The summed E-state index contributed by atoms with van der Waals surface area (Å²) in [6, 6.07) is -0.463. The second-order valence-electron chi connectivity index (χ2n) is 9.97. The van der Waals surface area contributed by atoms with Gasteiger partial charge in [-0.25, -0.2) is 0 Å². The van der Waals surface area contributed by atoms with Crippen LogP contribution in [-0.2, 0) is 4.79 Å². The van der Waals surface area contributed by atoms with Gasteiger partial charge in [-0.1, -0.05) is 50.5 Å². The predicted octanol–water partition coefficient (Wildman–Crippen LogP) is 5.16. The van der Waals surface area contributed by atoms with Crippen LogP contribution in [0.4, 0.5) is 0 Å². The van der Waals surface area contributed by atoms with Crippen molar-refractivity contribution in [2.75, 3.05) is 33.7 Å². The molecule has 174 valence electrons. The van der Waals surface area contributed by atoms with Crippen LogP contribution in [0.1, 0.15) is 66.2 Å². The number of likely N-dealkylation sites (N-methyl/N-ethyl adjacent to an activating group) is 1. The number of ketones is 1. The molecule has 0 spiro atoms. The van der Waals surface area contributed by atoms with E-state index in [2.05, 4.69) is 43.2 Å². The Kier molecular flexibility index (Phi) is 9.11. The summed E-state index contributed by atoms with van der Waals surface area (Å²) in [5.74, 6) is 1.84. The molecule has 1 saturated carbocycles. The van der Waals surface area contributed by atoms with Gasteiger partial charge in [-0.3, -0.25) is 9.79 Å². The fourth-order valence-electron chi connectivity index (χ4n) is 5.27. The number of hydrogen-bond acceptors (Lipinski definition) is 5. The summed E-state index contributed by atoms with van der Waals surface area (Å²) >= 11 is 0. The van der Waals surface area contributed by atoms with Gasteiger partial charge < -0.3 is 14.9 Å². The van der Waals surface area contributed by atoms with E-state index in [1.807, 2.05) is 14.1 Å². The molecule has 0 radical (unpaired) electrons. The Hall–Kier alpha value is -1.88. The third kappa shape index (κ3) is 6.80. The lowest BCUT2D eigenvalue weighted by molar-refractivity contribution is -0.119. The number of aliphatic imine (C=N–C) groups is 1. The molecule has 0 aromatic heterocycles. The lowest BCUT2D eigenvalue weighted by Gasteiger charge is -2.44. The van der Waals surface area contributed by atoms with Crippen molar-refractivity contribution in [3.05, 3.63) is 35.6 Å². The van der Waals surface area contributed by atoms with E-state index in [9.17, 15) is 9.90 Å². The van der Waals surface area contributed by atoms with Gasteiger partial charge in [0.05, 0.1) is 6.54 Å². The van der Waals surface area contributed by atoms with Crippen molar-refractivity contribution in [2.24, 2.45) is 16.3 Å². The highest BCUT2D eigenvalue weighted by atomic mass is 16.3. The first kappa shape index (κ1) is 25.4. The monoisotopic (exact) mass is 429 g/mol. The van der Waals surface area contributed by atoms with Crippen LogP contribution in [0.25, 0.3) is 0 Å². The van der Waals surface area contributed by atoms with Gasteiger partial charge in [-0.05, 0) is 64.6 Å². The molecule has 1 aliphatic carbocycles. The molecule has 1 fully saturated rings. The summed E-state index contributed by atoms with van der Waals surface area (Å²) in [7, 11) is 4.08. The van der Waals surface area contributed by atoms with Crippen molar-refractivity contribution in [3.8, 4) is 0 Å². The SMILES string of the molecule is C=C(C)/C=C(\CC)C1(CC2=NCC(O)=CC(C(C)=O)N2CCN(C)C)CCCC(C)C1. The van der Waals surface area contributed by atoms with Crippen LogP contribution in [0, 0.1) is 11.3 Å². The van der Waals surface area contributed by atoms with E-state index in [0.717, 1.165) is 43.6 Å². The number of carbonyl (C=O) groups is 1. The molecular weight excluding hydrogens is 386 g/mol. The van der Waals surface area contributed by atoms with E-state index in [-0.39, 0.29) is 23.5 Å². The van der Waals surface area contributed by atoms with Gasteiger partial charge >= 0.3 is 0 Å². The molecule has 2 aliphatic rings. The van der Waals surface area contributed by atoms with Crippen LogP contribution in [-0.4, -0.2) is 66.3 Å². The molecular formula is C26H43N3O2. The molecule has 0 amide bonds. The molecule has 1 N–H and O–H groups in total. The number of aliphatic hydroxyl groups excluding tert-OH is 1. The van der Waals surface area contributed by atoms with Gasteiger partial charge in [0, 0.05) is 19.5 Å². The Morgan fingerprint density at radius 2 is 2.13 bits per heavy atom. The third-order valence-corrected chi connectivity index (χ3v) is 6.72. The normalized spacial score (nSPS) is 27.6. The lowest BCUT2D eigenvalue weighted by atomic mass is 9.63. The summed E-state index contributed by atoms with van der Waals surface area (Å²) in [5.41, 5.74) is 2.56. The van der Waals surface area contributed by atoms with Crippen LogP contribution < -0.4 is 0 Å². The fraction of sp³-hybridized carbons (Fsp3) is 0.692. The molecule has 5 heteroatoms. The standard InChI is InChI=1S/C26H43N3O2/c1-8-22(14-19(2)3)26(11-9-10-20(4)16-26)17-25-27-18-23(31)15-24(21(5)30)29(25)13-12-28(6)7/h14-15,20,24,31H,2,8-13,16-18H2,1,3-7H3/b22-14+. The van der Waals surface area contributed by atoms with Crippen LogP contribution in [0.2, 0.25) is 0 Å². The fourth-order valence-corrected chi connectivity index (χ4v) is 5.27. The maximum absolute atomic E-state index is 12.6. The van der Waals surface area contributed by atoms with Gasteiger partial charge in [0.2, 0.25) is 0 Å². The number of amidine groups is 1. The van der Waals surface area contributed by atoms with Crippen molar-refractivity contribution >= 4 is 11.6 Å². The number of aliphatic hydroxyl groups is 1. The van der Waals surface area contributed by atoms with Gasteiger partial charge in [0.25, 0.3) is 0 Å². The Morgan fingerprint density at radius 1 is 1.42 bits per heavy atom. The zero-order valence-corrected chi connectivity index (χ0v) is 20.6. The van der Waals surface area contributed by atoms with E-state index in [0.29, 0.717) is 12.5 Å². The maximum atomic E-state index is 12.6. The summed E-state index contributed by atoms with van der Waals surface area (Å²) < 4.78 is 0. The quantitative estimate of drug-likeness (QED) is 0.514. The molecule has 0 saturated heterocycles. The van der Waals surface area contributed by atoms with E-state index in [1.165, 1.54) is 18.4 Å². The number of Topliss-reactive ketones (excluding diaryl/α,β-unsaturated/α-hetero) is 1. The van der Waals surface area contributed by atoms with Crippen LogP contribution in [0.15, 0.2) is 40.6 Å². The minimum absolute atomic E-state index is 0.0296. The highest BCUT2D eigenvalue weighted by Gasteiger charge is 2.40. The van der Waals surface area contributed by atoms with E-state index >= 15 is 0 Å². The first-order valence-electron chi connectivity index (χ1n) is 11.8. The molecule has 31 heavy (non-hydrogen) atoms. The molecule has 3 atom stereocenters. The highest BCUT2D eigenvalue weighted by molar-refractivity contribution is 5.92. The number of hydrogen-bond donors (Lipinski definition) is 1. The van der Waals surface area contributed by atoms with E-state index in [4.69, 9.17) is 4.99 Å². The Labute approximate surface area is 189 Å². The molecule has 5 nitrogen and oxygen atoms in total. The molecule has 2 rings (SSSR count). The van der Waals surface area contributed by atoms with Crippen molar-refractivity contribution in [1.82, 2.24) is 9.80 Å². The average Bonchev–Trinajstić information content (AvgIpc) is 2.83. The summed E-state index contributed by atoms with van der Waals surface area (Å²) in [6.07, 6.45) is 10.5. The topological polar surface area (TPSA) is 56.1 Å². The zero-order chi connectivity index (χ0) is 23.2. The lowest BCUT2D eigenvalue weighted by Crippen LogP contribution is -2.48. The maximum Gasteiger partial charge on any atom is 0.156 e. The number of rotatable bonds is 9. The molecule has 1 heterocycles. The highest BCUT2D eigenvalue weighted by Crippen LogP contribution is 2.49. The first-order chi connectivity index (χ1) is 14.6. The predicted molar refractivity (Wildman–Crippen MR) is 131 cm³/mol. The Morgan fingerprint density at radius 3 is 2.68 bits per heavy atom. The van der Waals surface area contributed by atoms with Gasteiger partial charge in [0.1, 0.15) is 17.6 Å². The van der Waals surface area contributed by atoms with Gasteiger partial charge in [-0.2, -0.15) is 0 Å². The second kappa shape index (κ2) is 11.1. The van der Waals surface area contributed by atoms with Crippen LogP contribution >= 0.6 is 0 Å². The zero-order valence-electron chi connectivity index (χ0n) is 20.6. The summed E-state index contributed by atoms with van der Waals surface area (Å²) in [6.45, 7) is 14.2. The molecule has 3 unspecified atom stereocenters. The van der Waals surface area contributed by atoms with Crippen molar-refractivity contribution in [3.63, 3.8) is 0 Å². The molecule has 0 bridgehead atoms. The molecule has 0 aromatic rings. The largest absolute Gasteiger partial charge is 0.511 e. The Balaban J connectivity index is 2.50. The Bertz CT molecular complexity index is 750. The number of nitrogens with zero attached hydrogens (tertiary/aromatic N) is 3. The van der Waals surface area contributed by atoms with E-state index < -0.39 is 6.04 Å². The van der Waals surface area contributed by atoms with Crippen LogP contribution in [0.3, 0.4) is 0 Å². The number of carbonyl (C=O) groups excluding carboxylic acids is 1. The second-order valence-corrected chi connectivity index (χ2v) is 9.97. The van der Waals surface area contributed by atoms with Crippen molar-refractivity contribution in [2.45, 2.75) is 72.3 Å². The van der Waals surface area contributed by atoms with Gasteiger partial charge in [0.15, 0.2) is 5.78 Å². The summed E-state index contributed by atoms with van der Waals surface area (Å²) in [5, 5.41) is 10.3. The molecule has 1 aliphatic heterocycles. The van der Waals surface area contributed by atoms with Crippen molar-refractivity contribution < 1.29 is 9.90 Å². The third-order valence-electron chi connectivity index (χ3n) is 6.72.